The van der Waals surface area contributed by atoms with Crippen LogP contribution < -0.4 is 5.32 Å². The summed E-state index contributed by atoms with van der Waals surface area (Å²) in [6.45, 7) is 11.5. The molecule has 0 radical (unpaired) electrons. The standard InChI is InChI=1S/C14H23FN2/c1-10(8-17-14(3,4)5)11(2)12-6-7-16-9-13(12)15/h6-7,9-11,17H,8H2,1-5H3. The minimum atomic E-state index is -0.206. The molecular weight excluding hydrogens is 215 g/mol. The van der Waals surface area contributed by atoms with Crippen molar-refractivity contribution in [1.29, 1.82) is 0 Å². The Morgan fingerprint density at radius 1 is 1.35 bits per heavy atom. The summed E-state index contributed by atoms with van der Waals surface area (Å²) in [7, 11) is 0. The van der Waals surface area contributed by atoms with Gasteiger partial charge in [0.1, 0.15) is 5.82 Å². The van der Waals surface area contributed by atoms with E-state index in [0.29, 0.717) is 5.92 Å². The molecule has 96 valence electrons. The lowest BCUT2D eigenvalue weighted by Crippen LogP contribution is -2.39. The van der Waals surface area contributed by atoms with Crippen LogP contribution in [-0.2, 0) is 0 Å². The number of hydrogen-bond acceptors (Lipinski definition) is 2. The monoisotopic (exact) mass is 238 g/mol. The summed E-state index contributed by atoms with van der Waals surface area (Å²) >= 11 is 0. The molecule has 0 aliphatic rings. The maximum atomic E-state index is 13.6. The maximum absolute atomic E-state index is 13.6. The second-order valence-corrected chi connectivity index (χ2v) is 5.79. The van der Waals surface area contributed by atoms with Crippen LogP contribution in [0.3, 0.4) is 0 Å². The topological polar surface area (TPSA) is 24.9 Å². The van der Waals surface area contributed by atoms with Crippen LogP contribution in [0.1, 0.15) is 46.1 Å². The lowest BCUT2D eigenvalue weighted by molar-refractivity contribution is 0.355. The van der Waals surface area contributed by atoms with Crippen LogP contribution in [0.25, 0.3) is 0 Å². The fourth-order valence-corrected chi connectivity index (χ4v) is 1.71. The van der Waals surface area contributed by atoms with E-state index in [4.69, 9.17) is 0 Å². The maximum Gasteiger partial charge on any atom is 0.144 e. The van der Waals surface area contributed by atoms with E-state index in [-0.39, 0.29) is 17.3 Å². The summed E-state index contributed by atoms with van der Waals surface area (Å²) in [4.78, 5) is 3.78. The van der Waals surface area contributed by atoms with Crippen molar-refractivity contribution in [2.45, 2.75) is 46.1 Å². The first-order valence-electron chi connectivity index (χ1n) is 6.15. The number of nitrogens with zero attached hydrogens (tertiary/aromatic N) is 1. The number of pyridine rings is 1. The minimum Gasteiger partial charge on any atom is -0.312 e. The van der Waals surface area contributed by atoms with E-state index in [1.54, 1.807) is 12.3 Å². The van der Waals surface area contributed by atoms with Gasteiger partial charge in [-0.05, 0) is 50.8 Å². The molecule has 1 rings (SSSR count). The minimum absolute atomic E-state index is 0.102. The van der Waals surface area contributed by atoms with Gasteiger partial charge in [0.15, 0.2) is 0 Å². The molecule has 1 N–H and O–H groups in total. The summed E-state index contributed by atoms with van der Waals surface area (Å²) in [5.41, 5.74) is 0.855. The predicted octanol–water partition coefficient (Wildman–Crippen LogP) is 3.35. The fraction of sp³-hybridized carbons (Fsp3) is 0.643. The Morgan fingerprint density at radius 2 is 2.00 bits per heavy atom. The highest BCUT2D eigenvalue weighted by molar-refractivity contribution is 5.18. The molecule has 0 saturated heterocycles. The average molecular weight is 238 g/mol. The van der Waals surface area contributed by atoms with Gasteiger partial charge in [-0.25, -0.2) is 4.39 Å². The predicted molar refractivity (Wildman–Crippen MR) is 69.5 cm³/mol. The number of rotatable bonds is 4. The summed E-state index contributed by atoms with van der Waals surface area (Å²) in [6.07, 6.45) is 2.94. The highest BCUT2D eigenvalue weighted by atomic mass is 19.1. The van der Waals surface area contributed by atoms with Gasteiger partial charge in [0.2, 0.25) is 0 Å². The van der Waals surface area contributed by atoms with Crippen molar-refractivity contribution in [1.82, 2.24) is 10.3 Å². The van der Waals surface area contributed by atoms with Gasteiger partial charge in [0, 0.05) is 11.7 Å². The van der Waals surface area contributed by atoms with E-state index in [9.17, 15) is 4.39 Å². The summed E-state index contributed by atoms with van der Waals surface area (Å²) in [6, 6.07) is 1.77. The van der Waals surface area contributed by atoms with E-state index >= 15 is 0 Å². The van der Waals surface area contributed by atoms with Crippen molar-refractivity contribution >= 4 is 0 Å². The van der Waals surface area contributed by atoms with Gasteiger partial charge in [-0.15, -0.1) is 0 Å². The lowest BCUT2D eigenvalue weighted by Gasteiger charge is -2.27. The smallest absolute Gasteiger partial charge is 0.144 e. The molecule has 0 saturated carbocycles. The van der Waals surface area contributed by atoms with Crippen LogP contribution in [0, 0.1) is 11.7 Å². The zero-order chi connectivity index (χ0) is 13.1. The number of hydrogen-bond donors (Lipinski definition) is 1. The van der Waals surface area contributed by atoms with Crippen molar-refractivity contribution < 1.29 is 4.39 Å². The molecule has 0 bridgehead atoms. The Morgan fingerprint density at radius 3 is 2.53 bits per heavy atom. The second kappa shape index (κ2) is 5.58. The van der Waals surface area contributed by atoms with Crippen LogP contribution in [0.2, 0.25) is 0 Å². The van der Waals surface area contributed by atoms with E-state index in [0.717, 1.165) is 12.1 Å². The molecule has 0 spiro atoms. The molecule has 1 aromatic rings. The van der Waals surface area contributed by atoms with Gasteiger partial charge in [-0.1, -0.05) is 13.8 Å². The molecule has 2 unspecified atom stereocenters. The Labute approximate surface area is 104 Å². The van der Waals surface area contributed by atoms with Crippen LogP contribution in [-0.4, -0.2) is 17.1 Å². The molecule has 3 heteroatoms. The van der Waals surface area contributed by atoms with Gasteiger partial charge in [-0.3, -0.25) is 4.98 Å². The third kappa shape index (κ3) is 4.43. The van der Waals surface area contributed by atoms with Crippen molar-refractivity contribution in [2.24, 2.45) is 5.92 Å². The van der Waals surface area contributed by atoms with Gasteiger partial charge in [0.05, 0.1) is 6.20 Å². The first kappa shape index (κ1) is 14.1. The third-order valence-corrected chi connectivity index (χ3v) is 3.10. The van der Waals surface area contributed by atoms with Crippen LogP contribution in [0.15, 0.2) is 18.5 Å². The molecule has 0 amide bonds. The highest BCUT2D eigenvalue weighted by Crippen LogP contribution is 2.25. The normalized spacial score (nSPS) is 15.6. The van der Waals surface area contributed by atoms with E-state index in [1.165, 1.54) is 6.20 Å². The molecule has 2 nitrogen and oxygen atoms in total. The zero-order valence-corrected chi connectivity index (χ0v) is 11.4. The highest BCUT2D eigenvalue weighted by Gasteiger charge is 2.19. The Hall–Kier alpha value is -0.960. The van der Waals surface area contributed by atoms with E-state index in [1.807, 2.05) is 0 Å². The quantitative estimate of drug-likeness (QED) is 0.870. The Kier molecular flexibility index (Phi) is 4.63. The largest absolute Gasteiger partial charge is 0.312 e. The molecule has 2 atom stereocenters. The fourth-order valence-electron chi connectivity index (χ4n) is 1.71. The van der Waals surface area contributed by atoms with Crippen LogP contribution >= 0.6 is 0 Å². The van der Waals surface area contributed by atoms with Gasteiger partial charge in [0.25, 0.3) is 0 Å². The molecule has 1 aromatic heterocycles. The van der Waals surface area contributed by atoms with Crippen LogP contribution in [0.4, 0.5) is 4.39 Å². The second-order valence-electron chi connectivity index (χ2n) is 5.79. The molecule has 1 heterocycles. The number of nitrogens with one attached hydrogen (secondary N) is 1. The molecule has 0 aliphatic heterocycles. The van der Waals surface area contributed by atoms with E-state index in [2.05, 4.69) is 44.9 Å². The lowest BCUT2D eigenvalue weighted by atomic mass is 9.88. The molecule has 0 aromatic carbocycles. The number of halogens is 1. The Balaban J connectivity index is 2.64. The van der Waals surface area contributed by atoms with Gasteiger partial charge in [-0.2, -0.15) is 0 Å². The number of aromatic nitrogens is 1. The molecular formula is C14H23FN2. The van der Waals surface area contributed by atoms with Gasteiger partial charge < -0.3 is 5.32 Å². The molecule has 0 fully saturated rings. The summed E-state index contributed by atoms with van der Waals surface area (Å²) in [5, 5.41) is 3.45. The summed E-state index contributed by atoms with van der Waals surface area (Å²) < 4.78 is 13.6. The van der Waals surface area contributed by atoms with Crippen LogP contribution in [0.5, 0.6) is 0 Å². The van der Waals surface area contributed by atoms with Crippen molar-refractivity contribution in [3.05, 3.63) is 29.8 Å². The first-order valence-corrected chi connectivity index (χ1v) is 6.15. The molecule has 0 aliphatic carbocycles. The molecule has 17 heavy (non-hydrogen) atoms. The van der Waals surface area contributed by atoms with Crippen molar-refractivity contribution in [3.8, 4) is 0 Å². The van der Waals surface area contributed by atoms with Crippen molar-refractivity contribution in [2.75, 3.05) is 6.54 Å². The first-order chi connectivity index (χ1) is 7.81. The average Bonchev–Trinajstić information content (AvgIpc) is 2.24. The third-order valence-electron chi connectivity index (χ3n) is 3.10. The SMILES string of the molecule is CC(CNC(C)(C)C)C(C)c1ccncc1F. The van der Waals surface area contributed by atoms with E-state index < -0.39 is 0 Å². The summed E-state index contributed by atoms with van der Waals surface area (Å²) in [5.74, 6) is 0.363. The zero-order valence-electron chi connectivity index (χ0n) is 11.4. The Bertz CT molecular complexity index is 357. The van der Waals surface area contributed by atoms with Crippen molar-refractivity contribution in [3.63, 3.8) is 0 Å². The van der Waals surface area contributed by atoms with Gasteiger partial charge >= 0.3 is 0 Å².